The molecule has 2 fully saturated rings. The number of methoxy groups -OCH3 is 1. The van der Waals surface area contributed by atoms with Crippen molar-refractivity contribution in [3.05, 3.63) is 52.5 Å². The Labute approximate surface area is 171 Å². The first-order chi connectivity index (χ1) is 13.9. The van der Waals surface area contributed by atoms with E-state index in [9.17, 15) is 18.8 Å². The number of hydrogen-bond acceptors (Lipinski definition) is 5. The minimum absolute atomic E-state index is 0.316. The molecular weight excluding hydrogens is 395 g/mol. The average Bonchev–Trinajstić information content (AvgIpc) is 3.41. The van der Waals surface area contributed by atoms with E-state index < -0.39 is 35.1 Å². The van der Waals surface area contributed by atoms with Crippen LogP contribution in [0.5, 0.6) is 0 Å². The number of carbonyl (C=O) groups excluding carboxylic acids is 3. The third-order valence-corrected chi connectivity index (χ3v) is 6.93. The zero-order chi connectivity index (χ0) is 20.8. The number of rotatable bonds is 5. The summed E-state index contributed by atoms with van der Waals surface area (Å²) in [4.78, 5) is 41.9. The number of quaternary nitrogens is 1. The molecule has 2 N–H and O–H groups in total. The molecule has 3 heterocycles. The van der Waals surface area contributed by atoms with Crippen molar-refractivity contribution in [1.82, 2.24) is 0 Å². The molecule has 2 aromatic rings. The number of fused-ring (bicyclic) bond motifs is 1. The quantitative estimate of drug-likeness (QED) is 0.596. The summed E-state index contributed by atoms with van der Waals surface area (Å²) in [7, 11) is 1.31. The van der Waals surface area contributed by atoms with Gasteiger partial charge in [0.05, 0.1) is 17.7 Å². The number of carbonyl (C=O) groups is 3. The highest BCUT2D eigenvalue weighted by Crippen LogP contribution is 2.47. The molecule has 2 aliphatic rings. The van der Waals surface area contributed by atoms with Gasteiger partial charge in [0.25, 0.3) is 0 Å². The molecule has 29 heavy (non-hydrogen) atoms. The first-order valence-corrected chi connectivity index (χ1v) is 10.4. The number of halogens is 1. The average molecular weight is 417 g/mol. The summed E-state index contributed by atoms with van der Waals surface area (Å²) in [5, 5.41) is 3.77. The number of ether oxygens (including phenoxy) is 1. The molecule has 0 unspecified atom stereocenters. The molecule has 4 atom stereocenters. The van der Waals surface area contributed by atoms with Gasteiger partial charge in [-0.1, -0.05) is 13.0 Å². The number of imide groups is 1. The van der Waals surface area contributed by atoms with Crippen molar-refractivity contribution in [2.24, 2.45) is 11.8 Å². The number of esters is 1. The number of nitrogens with zero attached hydrogens (tertiary/aromatic N) is 1. The van der Waals surface area contributed by atoms with Crippen LogP contribution in [0.2, 0.25) is 0 Å². The van der Waals surface area contributed by atoms with E-state index in [1.165, 1.54) is 42.7 Å². The third-order valence-electron chi connectivity index (χ3n) is 5.96. The van der Waals surface area contributed by atoms with Crippen molar-refractivity contribution in [3.8, 4) is 0 Å². The molecular formula is C21H22FN2O4S+. The molecule has 0 bridgehead atoms. The van der Waals surface area contributed by atoms with Crippen LogP contribution in [0.15, 0.2) is 41.8 Å². The van der Waals surface area contributed by atoms with E-state index in [2.05, 4.69) is 0 Å². The van der Waals surface area contributed by atoms with Crippen molar-refractivity contribution in [1.29, 1.82) is 0 Å². The van der Waals surface area contributed by atoms with Crippen LogP contribution in [0.3, 0.4) is 0 Å². The summed E-state index contributed by atoms with van der Waals surface area (Å²) in [5.74, 6) is -3.25. The van der Waals surface area contributed by atoms with Crippen molar-refractivity contribution < 1.29 is 28.8 Å². The van der Waals surface area contributed by atoms with Gasteiger partial charge >= 0.3 is 5.97 Å². The van der Waals surface area contributed by atoms with Crippen LogP contribution in [-0.2, 0) is 19.1 Å². The lowest BCUT2D eigenvalue weighted by Gasteiger charge is -2.28. The Kier molecular flexibility index (Phi) is 5.00. The fraction of sp³-hybridized carbons (Fsp3) is 0.381. The van der Waals surface area contributed by atoms with E-state index in [-0.39, 0.29) is 11.9 Å². The molecule has 2 saturated heterocycles. The lowest BCUT2D eigenvalue weighted by molar-refractivity contribution is -0.734. The van der Waals surface area contributed by atoms with Gasteiger partial charge in [-0.15, -0.1) is 11.3 Å². The van der Waals surface area contributed by atoms with E-state index in [0.717, 1.165) is 9.78 Å². The lowest BCUT2D eigenvalue weighted by atomic mass is 9.77. The fourth-order valence-corrected chi connectivity index (χ4v) is 5.69. The molecule has 2 amide bonds. The predicted molar refractivity (Wildman–Crippen MR) is 105 cm³/mol. The minimum Gasteiger partial charge on any atom is -0.464 e. The third kappa shape index (κ3) is 2.89. The summed E-state index contributed by atoms with van der Waals surface area (Å²) in [6, 6.07) is 8.71. The van der Waals surface area contributed by atoms with Gasteiger partial charge in [-0.25, -0.2) is 14.1 Å². The summed E-state index contributed by atoms with van der Waals surface area (Å²) < 4.78 is 18.5. The highest BCUT2D eigenvalue weighted by atomic mass is 32.1. The summed E-state index contributed by atoms with van der Waals surface area (Å²) in [5.41, 5.74) is -0.847. The maximum atomic E-state index is 13.5. The summed E-state index contributed by atoms with van der Waals surface area (Å²) >= 11 is 1.49. The number of nitrogens with two attached hydrogens (primary N) is 1. The molecule has 1 aromatic carbocycles. The van der Waals surface area contributed by atoms with E-state index in [0.29, 0.717) is 18.5 Å². The van der Waals surface area contributed by atoms with Crippen molar-refractivity contribution in [3.63, 3.8) is 0 Å². The lowest BCUT2D eigenvalue weighted by Crippen LogP contribution is -2.98. The molecule has 1 aromatic heterocycles. The second kappa shape index (κ2) is 7.35. The Hall–Kier alpha value is -2.58. The molecule has 152 valence electrons. The van der Waals surface area contributed by atoms with Gasteiger partial charge in [0.15, 0.2) is 0 Å². The smallest absolute Gasteiger partial charge is 0.368 e. The second-order valence-corrected chi connectivity index (χ2v) is 8.46. The van der Waals surface area contributed by atoms with Crippen LogP contribution in [-0.4, -0.2) is 30.4 Å². The number of anilines is 1. The molecule has 0 spiro atoms. The molecule has 0 aliphatic carbocycles. The van der Waals surface area contributed by atoms with Crippen LogP contribution in [0.25, 0.3) is 0 Å². The van der Waals surface area contributed by atoms with Gasteiger partial charge in [0, 0.05) is 6.42 Å². The zero-order valence-electron chi connectivity index (χ0n) is 16.1. The van der Waals surface area contributed by atoms with E-state index >= 15 is 0 Å². The van der Waals surface area contributed by atoms with Crippen LogP contribution in [0, 0.1) is 17.7 Å². The van der Waals surface area contributed by atoms with Gasteiger partial charge in [0.1, 0.15) is 23.7 Å². The molecule has 0 saturated carbocycles. The molecule has 6 nitrogen and oxygen atoms in total. The van der Waals surface area contributed by atoms with Gasteiger partial charge < -0.3 is 10.1 Å². The Morgan fingerprint density at radius 2 is 1.97 bits per heavy atom. The van der Waals surface area contributed by atoms with Crippen molar-refractivity contribution in [2.75, 3.05) is 12.0 Å². The molecule has 4 rings (SSSR count). The Balaban J connectivity index is 1.84. The van der Waals surface area contributed by atoms with Crippen LogP contribution in [0.4, 0.5) is 10.1 Å². The highest BCUT2D eigenvalue weighted by molar-refractivity contribution is 7.10. The Morgan fingerprint density at radius 1 is 1.24 bits per heavy atom. The zero-order valence-corrected chi connectivity index (χ0v) is 16.9. The maximum Gasteiger partial charge on any atom is 0.368 e. The molecule has 8 heteroatoms. The van der Waals surface area contributed by atoms with Gasteiger partial charge in [-0.2, -0.15) is 0 Å². The van der Waals surface area contributed by atoms with Gasteiger partial charge in [0.2, 0.25) is 17.4 Å². The largest absolute Gasteiger partial charge is 0.464 e. The molecule has 0 radical (unpaired) electrons. The van der Waals surface area contributed by atoms with Crippen LogP contribution in [0.1, 0.15) is 30.7 Å². The number of benzene rings is 1. The standard InChI is InChI=1S/C21H21FN2O4S/c1-3-10-21(20(27)28-2)16-15(17(23-21)14-5-4-11-29-14)18(25)24(19(16)26)13-8-6-12(22)7-9-13/h4-9,11,15-17,23H,3,10H2,1-2H3/p+1/t15-,16+,17-,21-/m0/s1. The second-order valence-electron chi connectivity index (χ2n) is 7.48. The SMILES string of the molecule is CCC[C@]1(C(=O)OC)[NH2+][C@@H](c2cccs2)[C@H]2C(=O)N(c3ccc(F)cc3)C(=O)[C@@H]21. The number of amides is 2. The number of hydrogen-bond donors (Lipinski definition) is 1. The topological polar surface area (TPSA) is 80.3 Å². The van der Waals surface area contributed by atoms with E-state index in [1.54, 1.807) is 0 Å². The summed E-state index contributed by atoms with van der Waals surface area (Å²) in [6.07, 6.45) is 1.07. The first-order valence-electron chi connectivity index (χ1n) is 9.56. The highest BCUT2D eigenvalue weighted by Gasteiger charge is 2.72. The monoisotopic (exact) mass is 417 g/mol. The Morgan fingerprint density at radius 3 is 2.55 bits per heavy atom. The fourth-order valence-electron chi connectivity index (χ4n) is 4.85. The summed E-state index contributed by atoms with van der Waals surface area (Å²) in [6.45, 7) is 1.94. The maximum absolute atomic E-state index is 13.5. The van der Waals surface area contributed by atoms with Crippen LogP contribution < -0.4 is 10.2 Å². The minimum atomic E-state index is -1.16. The number of thiophene rings is 1. The first kappa shape index (κ1) is 19.7. The predicted octanol–water partition coefficient (Wildman–Crippen LogP) is 2.02. The van der Waals surface area contributed by atoms with Gasteiger partial charge in [-0.3, -0.25) is 9.59 Å². The van der Waals surface area contributed by atoms with Crippen LogP contribution >= 0.6 is 11.3 Å². The molecule has 2 aliphatic heterocycles. The van der Waals surface area contributed by atoms with E-state index in [4.69, 9.17) is 4.74 Å². The Bertz CT molecular complexity index is 946. The van der Waals surface area contributed by atoms with Gasteiger partial charge in [-0.05, 0) is 42.1 Å². The van der Waals surface area contributed by atoms with Crippen molar-refractivity contribution in [2.45, 2.75) is 31.3 Å². The van der Waals surface area contributed by atoms with E-state index in [1.807, 2.05) is 29.8 Å². The normalized spacial score (nSPS) is 28.7. The van der Waals surface area contributed by atoms with Crippen molar-refractivity contribution >= 4 is 34.8 Å².